The fourth-order valence-electron chi connectivity index (χ4n) is 2.73. The third kappa shape index (κ3) is 7.04. The molecule has 0 heterocycles. The number of anilines is 1. The Morgan fingerprint density at radius 2 is 1.93 bits per heavy atom. The average Bonchev–Trinajstić information content (AvgIpc) is 2.69. The van der Waals surface area contributed by atoms with Crippen LogP contribution in [0.5, 0.6) is 11.5 Å². The van der Waals surface area contributed by atoms with Gasteiger partial charge in [-0.05, 0) is 60.9 Å². The van der Waals surface area contributed by atoms with Gasteiger partial charge < -0.3 is 14.8 Å². The van der Waals surface area contributed by atoms with Crippen LogP contribution in [-0.4, -0.2) is 19.6 Å². The van der Waals surface area contributed by atoms with Gasteiger partial charge in [0.25, 0.3) is 0 Å². The van der Waals surface area contributed by atoms with Crippen LogP contribution in [0.2, 0.25) is 0 Å². The van der Waals surface area contributed by atoms with Gasteiger partial charge >= 0.3 is 0 Å². The predicted octanol–water partition coefficient (Wildman–Crippen LogP) is 6.38. The number of halogens is 1. The highest BCUT2D eigenvalue weighted by molar-refractivity contribution is 9.10. The van der Waals surface area contributed by atoms with E-state index >= 15 is 0 Å². The van der Waals surface area contributed by atoms with Gasteiger partial charge in [0.1, 0.15) is 0 Å². The minimum atomic E-state index is -0.180. The normalized spacial score (nSPS) is 10.9. The van der Waals surface area contributed by atoms with Crippen LogP contribution in [0.15, 0.2) is 46.9 Å². The van der Waals surface area contributed by atoms with Crippen LogP contribution < -0.4 is 14.8 Å². The summed E-state index contributed by atoms with van der Waals surface area (Å²) in [5.41, 5.74) is 2.67. The van der Waals surface area contributed by atoms with Crippen LogP contribution in [0.25, 0.3) is 6.08 Å². The number of nitrogens with one attached hydrogen (secondary N) is 1. The Morgan fingerprint density at radius 1 is 1.11 bits per heavy atom. The van der Waals surface area contributed by atoms with Gasteiger partial charge in [-0.15, -0.1) is 0 Å². The van der Waals surface area contributed by atoms with E-state index < -0.39 is 0 Å². The smallest absolute Gasteiger partial charge is 0.248 e. The fourth-order valence-corrected chi connectivity index (χ4v) is 3.21. The van der Waals surface area contributed by atoms with E-state index in [-0.39, 0.29) is 5.91 Å². The SMILES string of the molecule is CCCCCCOc1ccc(/C=C/C(=O)Nc2ccc(Br)cc2C)cc1OC. The van der Waals surface area contributed by atoms with Gasteiger partial charge in [0, 0.05) is 16.2 Å². The van der Waals surface area contributed by atoms with Crippen molar-refractivity contribution in [2.45, 2.75) is 39.5 Å². The molecule has 0 spiro atoms. The number of rotatable bonds is 10. The van der Waals surface area contributed by atoms with Gasteiger partial charge in [0.15, 0.2) is 11.5 Å². The van der Waals surface area contributed by atoms with Gasteiger partial charge in [-0.25, -0.2) is 0 Å². The summed E-state index contributed by atoms with van der Waals surface area (Å²) >= 11 is 3.42. The average molecular weight is 446 g/mol. The molecule has 0 saturated heterocycles. The van der Waals surface area contributed by atoms with Gasteiger partial charge in [0.05, 0.1) is 13.7 Å². The van der Waals surface area contributed by atoms with Crippen LogP contribution in [0.3, 0.4) is 0 Å². The van der Waals surface area contributed by atoms with Crippen molar-refractivity contribution >= 4 is 33.6 Å². The van der Waals surface area contributed by atoms with Crippen molar-refractivity contribution in [1.82, 2.24) is 0 Å². The molecule has 1 N–H and O–H groups in total. The van der Waals surface area contributed by atoms with Gasteiger partial charge in [0.2, 0.25) is 5.91 Å². The zero-order valence-corrected chi connectivity index (χ0v) is 18.3. The quantitative estimate of drug-likeness (QED) is 0.341. The summed E-state index contributed by atoms with van der Waals surface area (Å²) in [6.07, 6.45) is 7.92. The molecule has 2 aromatic carbocycles. The summed E-state index contributed by atoms with van der Waals surface area (Å²) in [6, 6.07) is 11.4. The van der Waals surface area contributed by atoms with E-state index in [4.69, 9.17) is 9.47 Å². The lowest BCUT2D eigenvalue weighted by molar-refractivity contribution is -0.111. The summed E-state index contributed by atoms with van der Waals surface area (Å²) in [4.78, 5) is 12.2. The Bertz CT molecular complexity index is 817. The Balaban J connectivity index is 1.96. The molecular weight excluding hydrogens is 418 g/mol. The van der Waals surface area contributed by atoms with E-state index in [9.17, 15) is 4.79 Å². The van der Waals surface area contributed by atoms with Crippen molar-refractivity contribution in [3.8, 4) is 11.5 Å². The summed E-state index contributed by atoms with van der Waals surface area (Å²) in [5, 5.41) is 2.89. The lowest BCUT2D eigenvalue weighted by Gasteiger charge is -2.11. The number of ether oxygens (including phenoxy) is 2. The highest BCUT2D eigenvalue weighted by Gasteiger charge is 2.06. The first-order chi connectivity index (χ1) is 13.5. The minimum absolute atomic E-state index is 0.180. The molecule has 0 aliphatic heterocycles. The number of aryl methyl sites for hydroxylation is 1. The molecule has 2 rings (SSSR count). The van der Waals surface area contributed by atoms with Crippen LogP contribution in [0, 0.1) is 6.92 Å². The number of carbonyl (C=O) groups is 1. The molecule has 5 heteroatoms. The van der Waals surface area contributed by atoms with E-state index in [1.165, 1.54) is 25.3 Å². The molecule has 0 saturated carbocycles. The third-order valence-electron chi connectivity index (χ3n) is 4.32. The maximum atomic E-state index is 12.2. The number of amides is 1. The molecule has 0 aromatic heterocycles. The van der Waals surface area contributed by atoms with E-state index in [1.807, 2.05) is 43.3 Å². The number of hydrogen-bond donors (Lipinski definition) is 1. The van der Waals surface area contributed by atoms with Gasteiger partial charge in [-0.1, -0.05) is 48.2 Å². The number of benzene rings is 2. The second kappa shape index (κ2) is 11.5. The molecule has 1 amide bonds. The first kappa shape index (κ1) is 22.0. The topological polar surface area (TPSA) is 47.6 Å². The Morgan fingerprint density at radius 3 is 2.64 bits per heavy atom. The van der Waals surface area contributed by atoms with E-state index in [0.717, 1.165) is 33.5 Å². The molecule has 0 aliphatic carbocycles. The second-order valence-corrected chi connectivity index (χ2v) is 7.52. The molecule has 4 nitrogen and oxygen atoms in total. The lowest BCUT2D eigenvalue weighted by atomic mass is 10.1. The highest BCUT2D eigenvalue weighted by Crippen LogP contribution is 2.29. The van der Waals surface area contributed by atoms with Crippen LogP contribution in [0.1, 0.15) is 43.7 Å². The van der Waals surface area contributed by atoms with Crippen molar-refractivity contribution in [1.29, 1.82) is 0 Å². The van der Waals surface area contributed by atoms with Gasteiger partial charge in [-0.3, -0.25) is 4.79 Å². The first-order valence-corrected chi connectivity index (χ1v) is 10.4. The second-order valence-electron chi connectivity index (χ2n) is 6.60. The molecule has 0 bridgehead atoms. The molecule has 0 atom stereocenters. The van der Waals surface area contributed by atoms with E-state index in [0.29, 0.717) is 12.4 Å². The Labute approximate surface area is 176 Å². The molecule has 2 aromatic rings. The number of unbranched alkanes of at least 4 members (excludes halogenated alkanes) is 3. The fraction of sp³-hybridized carbons (Fsp3) is 0.348. The van der Waals surface area contributed by atoms with Crippen molar-refractivity contribution in [2.75, 3.05) is 19.0 Å². The molecule has 28 heavy (non-hydrogen) atoms. The minimum Gasteiger partial charge on any atom is -0.493 e. The van der Waals surface area contributed by atoms with Crippen LogP contribution in [-0.2, 0) is 4.79 Å². The van der Waals surface area contributed by atoms with Crippen molar-refractivity contribution in [2.24, 2.45) is 0 Å². The Kier molecular flexibility index (Phi) is 9.08. The maximum absolute atomic E-state index is 12.2. The van der Waals surface area contributed by atoms with Gasteiger partial charge in [-0.2, -0.15) is 0 Å². The van der Waals surface area contributed by atoms with Crippen molar-refractivity contribution < 1.29 is 14.3 Å². The molecule has 0 aliphatic rings. The number of carbonyl (C=O) groups excluding carboxylic acids is 1. The summed E-state index contributed by atoms with van der Waals surface area (Å²) in [6.45, 7) is 4.83. The van der Waals surface area contributed by atoms with E-state index in [1.54, 1.807) is 13.2 Å². The molecular formula is C23H28BrNO3. The van der Waals surface area contributed by atoms with Crippen LogP contribution in [0.4, 0.5) is 5.69 Å². The standard InChI is InChI=1S/C23H28BrNO3/c1-4-5-6-7-14-28-21-12-8-18(16-22(21)27-3)9-13-23(26)25-20-11-10-19(24)15-17(20)2/h8-13,15-16H,4-7,14H2,1-3H3,(H,25,26)/b13-9+. The highest BCUT2D eigenvalue weighted by atomic mass is 79.9. The van der Waals surface area contributed by atoms with E-state index in [2.05, 4.69) is 28.2 Å². The maximum Gasteiger partial charge on any atom is 0.248 e. The van der Waals surface area contributed by atoms with Crippen LogP contribution >= 0.6 is 15.9 Å². The largest absolute Gasteiger partial charge is 0.493 e. The zero-order valence-electron chi connectivity index (χ0n) is 16.8. The molecule has 150 valence electrons. The number of hydrogen-bond acceptors (Lipinski definition) is 3. The van der Waals surface area contributed by atoms with Crippen molar-refractivity contribution in [3.05, 3.63) is 58.1 Å². The summed E-state index contributed by atoms with van der Waals surface area (Å²) < 4.78 is 12.2. The Hall–Kier alpha value is -2.27. The molecule has 0 unspecified atom stereocenters. The zero-order chi connectivity index (χ0) is 20.4. The molecule has 0 radical (unpaired) electrons. The third-order valence-corrected chi connectivity index (χ3v) is 4.81. The summed E-state index contributed by atoms with van der Waals surface area (Å²) in [7, 11) is 1.62. The molecule has 0 fully saturated rings. The summed E-state index contributed by atoms with van der Waals surface area (Å²) in [5.74, 6) is 1.22. The first-order valence-electron chi connectivity index (χ1n) is 9.59. The monoisotopic (exact) mass is 445 g/mol. The van der Waals surface area contributed by atoms with Crippen molar-refractivity contribution in [3.63, 3.8) is 0 Å². The lowest BCUT2D eigenvalue weighted by Crippen LogP contribution is -2.08. The number of methoxy groups -OCH3 is 1. The predicted molar refractivity (Wildman–Crippen MR) is 119 cm³/mol.